The van der Waals surface area contributed by atoms with E-state index in [1.165, 1.54) is 0 Å². The smallest absolute Gasteiger partial charge is 0.204 e. The van der Waals surface area contributed by atoms with E-state index >= 15 is 0 Å². The van der Waals surface area contributed by atoms with Gasteiger partial charge in [0.15, 0.2) is 11.6 Å². The Morgan fingerprint density at radius 3 is 2.67 bits per heavy atom. The van der Waals surface area contributed by atoms with E-state index in [2.05, 4.69) is 5.16 Å². The van der Waals surface area contributed by atoms with Gasteiger partial charge in [-0.25, -0.2) is 0 Å². The fraction of sp³-hybridized carbons (Fsp3) is 0.125. The van der Waals surface area contributed by atoms with E-state index in [1.54, 1.807) is 6.07 Å². The van der Waals surface area contributed by atoms with Crippen molar-refractivity contribution in [3.63, 3.8) is 0 Å². The first-order valence-electron chi connectivity index (χ1n) is 3.55. The lowest BCUT2D eigenvalue weighted by Gasteiger charge is -1.85. The first-order valence-corrected chi connectivity index (χ1v) is 3.55. The second-order valence-corrected chi connectivity index (χ2v) is 2.53. The molecular weight excluding hydrogens is 156 g/mol. The average molecular weight is 164 g/mol. The Morgan fingerprint density at radius 2 is 2.17 bits per heavy atom. The summed E-state index contributed by atoms with van der Waals surface area (Å²) in [6, 6.07) is 5.29. The second-order valence-electron chi connectivity index (χ2n) is 2.53. The van der Waals surface area contributed by atoms with E-state index in [9.17, 15) is 0 Å². The molecule has 2 aromatic heterocycles. The largest absolute Gasteiger partial charge is 0.458 e. The van der Waals surface area contributed by atoms with E-state index in [4.69, 9.17) is 14.7 Å². The number of hydrogen-bond donors (Lipinski definition) is 1. The molecule has 2 aromatic rings. The third kappa shape index (κ3) is 1.07. The molecule has 0 unspecified atom stereocenters. The zero-order valence-electron chi connectivity index (χ0n) is 6.57. The Kier molecular flexibility index (Phi) is 1.40. The Bertz CT molecular complexity index is 351. The summed E-state index contributed by atoms with van der Waals surface area (Å²) in [7, 11) is 0. The molecule has 0 spiro atoms. The van der Waals surface area contributed by atoms with Gasteiger partial charge in [-0.3, -0.25) is 0 Å². The van der Waals surface area contributed by atoms with Gasteiger partial charge in [-0.1, -0.05) is 5.16 Å². The third-order valence-electron chi connectivity index (χ3n) is 1.51. The molecule has 2 N–H and O–H groups in total. The predicted octanol–water partition coefficient (Wildman–Crippen LogP) is 1.83. The highest BCUT2D eigenvalue weighted by atomic mass is 16.5. The normalized spacial score (nSPS) is 10.4. The first-order chi connectivity index (χ1) is 5.75. The van der Waals surface area contributed by atoms with Crippen molar-refractivity contribution in [2.75, 3.05) is 5.73 Å². The van der Waals surface area contributed by atoms with E-state index in [0.717, 1.165) is 5.76 Å². The maximum absolute atomic E-state index is 5.38. The van der Waals surface area contributed by atoms with Gasteiger partial charge in [-0.15, -0.1) is 0 Å². The molecule has 12 heavy (non-hydrogen) atoms. The summed E-state index contributed by atoms with van der Waals surface area (Å²) in [6.07, 6.45) is 0. The number of nitrogens with zero attached hydrogens (tertiary/aromatic N) is 1. The summed E-state index contributed by atoms with van der Waals surface area (Å²) in [5.74, 6) is 2.40. The van der Waals surface area contributed by atoms with Crippen LogP contribution in [0.15, 0.2) is 27.1 Å². The lowest BCUT2D eigenvalue weighted by Crippen LogP contribution is -1.79. The minimum absolute atomic E-state index is 0.360. The monoisotopic (exact) mass is 164 g/mol. The highest BCUT2D eigenvalue weighted by molar-refractivity contribution is 5.53. The number of nitrogens with two attached hydrogens (primary N) is 1. The predicted molar refractivity (Wildman–Crippen MR) is 43.4 cm³/mol. The van der Waals surface area contributed by atoms with Gasteiger partial charge < -0.3 is 14.7 Å². The van der Waals surface area contributed by atoms with Crippen LogP contribution in [0.1, 0.15) is 5.76 Å². The van der Waals surface area contributed by atoms with Crippen LogP contribution >= 0.6 is 0 Å². The molecule has 0 amide bonds. The summed E-state index contributed by atoms with van der Waals surface area (Å²) >= 11 is 0. The van der Waals surface area contributed by atoms with Crippen molar-refractivity contribution in [2.24, 2.45) is 0 Å². The van der Waals surface area contributed by atoms with E-state index in [1.807, 2.05) is 19.1 Å². The number of rotatable bonds is 1. The molecule has 62 valence electrons. The van der Waals surface area contributed by atoms with Crippen molar-refractivity contribution >= 4 is 5.82 Å². The minimum Gasteiger partial charge on any atom is -0.458 e. The standard InChI is InChI=1S/C8H8N2O2/c1-5-2-3-6(11-5)7-4-8(9)10-12-7/h2-4H,1H3,(H2,9,10). The molecule has 0 aliphatic heterocycles. The van der Waals surface area contributed by atoms with Crippen molar-refractivity contribution in [3.05, 3.63) is 24.0 Å². The maximum atomic E-state index is 5.38. The molecule has 0 aliphatic carbocycles. The molecule has 4 nitrogen and oxygen atoms in total. The van der Waals surface area contributed by atoms with Crippen LogP contribution in [0.5, 0.6) is 0 Å². The number of hydrogen-bond acceptors (Lipinski definition) is 4. The quantitative estimate of drug-likeness (QED) is 0.698. The van der Waals surface area contributed by atoms with Crippen molar-refractivity contribution < 1.29 is 8.94 Å². The van der Waals surface area contributed by atoms with Gasteiger partial charge >= 0.3 is 0 Å². The van der Waals surface area contributed by atoms with Crippen molar-refractivity contribution in [3.8, 4) is 11.5 Å². The fourth-order valence-corrected chi connectivity index (χ4v) is 0.972. The number of aryl methyl sites for hydroxylation is 1. The van der Waals surface area contributed by atoms with E-state index in [-0.39, 0.29) is 0 Å². The zero-order chi connectivity index (χ0) is 8.55. The van der Waals surface area contributed by atoms with Crippen LogP contribution in [-0.4, -0.2) is 5.16 Å². The molecule has 0 saturated carbocycles. The highest BCUT2D eigenvalue weighted by Crippen LogP contribution is 2.22. The lowest BCUT2D eigenvalue weighted by molar-refractivity contribution is 0.418. The average Bonchev–Trinajstić information content (AvgIpc) is 2.58. The molecule has 0 bridgehead atoms. The van der Waals surface area contributed by atoms with Gasteiger partial charge in [0.1, 0.15) is 5.76 Å². The number of aromatic nitrogens is 1. The highest BCUT2D eigenvalue weighted by Gasteiger charge is 2.07. The minimum atomic E-state index is 0.360. The van der Waals surface area contributed by atoms with Crippen LogP contribution in [0.3, 0.4) is 0 Å². The Hall–Kier alpha value is -1.71. The third-order valence-corrected chi connectivity index (χ3v) is 1.51. The maximum Gasteiger partial charge on any atom is 0.204 e. The molecule has 0 fully saturated rings. The summed E-state index contributed by atoms with van der Waals surface area (Å²) < 4.78 is 10.2. The van der Waals surface area contributed by atoms with Crippen molar-refractivity contribution in [1.82, 2.24) is 5.16 Å². The molecule has 0 atom stereocenters. The number of furan rings is 1. The molecule has 0 aromatic carbocycles. The van der Waals surface area contributed by atoms with Crippen LogP contribution in [0, 0.1) is 6.92 Å². The SMILES string of the molecule is Cc1ccc(-c2cc(N)no2)o1. The molecule has 0 radical (unpaired) electrons. The Balaban J connectivity index is 2.43. The molecular formula is C8H8N2O2. The summed E-state index contributed by atoms with van der Waals surface area (Å²) in [4.78, 5) is 0. The van der Waals surface area contributed by atoms with Crippen LogP contribution in [-0.2, 0) is 0 Å². The summed E-state index contributed by atoms with van der Waals surface area (Å²) in [5, 5.41) is 3.55. The van der Waals surface area contributed by atoms with Gasteiger partial charge in [0, 0.05) is 6.07 Å². The zero-order valence-corrected chi connectivity index (χ0v) is 6.57. The van der Waals surface area contributed by atoms with Gasteiger partial charge in [0.2, 0.25) is 5.76 Å². The van der Waals surface area contributed by atoms with Crippen molar-refractivity contribution in [1.29, 1.82) is 0 Å². The molecule has 2 heterocycles. The molecule has 2 rings (SSSR count). The molecule has 0 saturated heterocycles. The molecule has 4 heteroatoms. The lowest BCUT2D eigenvalue weighted by atomic mass is 10.3. The summed E-state index contributed by atoms with van der Waals surface area (Å²) in [6.45, 7) is 1.86. The topological polar surface area (TPSA) is 65.2 Å². The Labute approximate surface area is 69.0 Å². The second kappa shape index (κ2) is 2.41. The number of nitrogen functional groups attached to an aromatic ring is 1. The summed E-state index contributed by atoms with van der Waals surface area (Å²) in [5.41, 5.74) is 5.38. The van der Waals surface area contributed by atoms with Gasteiger partial charge in [-0.2, -0.15) is 0 Å². The van der Waals surface area contributed by atoms with Crippen LogP contribution in [0.4, 0.5) is 5.82 Å². The van der Waals surface area contributed by atoms with Gasteiger partial charge in [0.05, 0.1) is 0 Å². The van der Waals surface area contributed by atoms with Gasteiger partial charge in [-0.05, 0) is 19.1 Å². The van der Waals surface area contributed by atoms with Crippen molar-refractivity contribution in [2.45, 2.75) is 6.92 Å². The fourth-order valence-electron chi connectivity index (χ4n) is 0.972. The van der Waals surface area contributed by atoms with Crippen LogP contribution in [0.25, 0.3) is 11.5 Å². The number of anilines is 1. The molecule has 0 aliphatic rings. The van der Waals surface area contributed by atoms with E-state index in [0.29, 0.717) is 17.3 Å². The van der Waals surface area contributed by atoms with Gasteiger partial charge in [0.25, 0.3) is 0 Å². The Morgan fingerprint density at radius 1 is 1.33 bits per heavy atom. The van der Waals surface area contributed by atoms with E-state index < -0.39 is 0 Å². The first kappa shape index (κ1) is 6.97. The van der Waals surface area contributed by atoms with Crippen LogP contribution < -0.4 is 5.73 Å². The van der Waals surface area contributed by atoms with Crippen LogP contribution in [0.2, 0.25) is 0 Å².